The maximum atomic E-state index is 11.5. The minimum absolute atomic E-state index is 0.0618. The van der Waals surface area contributed by atoms with Crippen LogP contribution in [0.4, 0.5) is 5.13 Å². The molecule has 0 aliphatic rings. The number of sulfonamides is 1. The smallest absolute Gasteiger partial charge is 0.251 e. The number of hydroxylamine groups is 2. The Morgan fingerprint density at radius 3 is 2.82 bits per heavy atom. The number of thiazole rings is 1. The minimum atomic E-state index is -3.34. The van der Waals surface area contributed by atoms with Crippen molar-refractivity contribution < 1.29 is 18.0 Å². The number of nitrogens with one attached hydrogen (secondary N) is 1. The Morgan fingerprint density at radius 1 is 1.65 bits per heavy atom. The van der Waals surface area contributed by atoms with Crippen molar-refractivity contribution in [2.75, 3.05) is 25.1 Å². The zero-order valence-corrected chi connectivity index (χ0v) is 11.3. The fourth-order valence-corrected chi connectivity index (χ4v) is 2.52. The number of likely N-dealkylation sites (N-methyl/N-ethyl adjacent to an activating group) is 1. The number of hydrogen-bond acceptors (Lipinski definition) is 6. The number of hydrogen-bond donors (Lipinski definition) is 1. The van der Waals surface area contributed by atoms with E-state index in [1.807, 2.05) is 0 Å². The van der Waals surface area contributed by atoms with Crippen molar-refractivity contribution in [1.29, 1.82) is 0 Å². The van der Waals surface area contributed by atoms with E-state index in [2.05, 4.69) is 9.71 Å². The number of carbonyl (C=O) groups excluding carboxylic acids is 1. The highest BCUT2D eigenvalue weighted by Crippen LogP contribution is 2.17. The summed E-state index contributed by atoms with van der Waals surface area (Å²) < 4.78 is 24.1. The molecule has 96 valence electrons. The Bertz CT molecular complexity index is 497. The van der Waals surface area contributed by atoms with Crippen LogP contribution in [-0.4, -0.2) is 44.8 Å². The lowest BCUT2D eigenvalue weighted by Crippen LogP contribution is -2.27. The second-order valence-electron chi connectivity index (χ2n) is 3.27. The first-order chi connectivity index (χ1) is 7.81. The van der Waals surface area contributed by atoms with Gasteiger partial charge in [-0.25, -0.2) is 18.5 Å². The van der Waals surface area contributed by atoms with Crippen LogP contribution in [0.1, 0.15) is 5.69 Å². The second kappa shape index (κ2) is 5.43. The summed E-state index contributed by atoms with van der Waals surface area (Å²) in [7, 11) is -0.460. The molecule has 0 unspecified atom stereocenters. The molecule has 0 bridgehead atoms. The molecule has 17 heavy (non-hydrogen) atoms. The summed E-state index contributed by atoms with van der Waals surface area (Å²) in [6, 6.07) is 0. The predicted molar refractivity (Wildman–Crippen MR) is 64.1 cm³/mol. The lowest BCUT2D eigenvalue weighted by molar-refractivity contribution is -0.167. The maximum absolute atomic E-state index is 11.5. The van der Waals surface area contributed by atoms with E-state index < -0.39 is 10.0 Å². The zero-order chi connectivity index (χ0) is 13.1. The molecule has 1 aromatic rings. The van der Waals surface area contributed by atoms with E-state index in [1.54, 1.807) is 5.38 Å². The lowest BCUT2D eigenvalue weighted by Gasteiger charge is -2.12. The Hall–Kier alpha value is -1.19. The highest BCUT2D eigenvalue weighted by Gasteiger charge is 2.13. The molecule has 0 atom stereocenters. The van der Waals surface area contributed by atoms with Gasteiger partial charge in [-0.2, -0.15) is 0 Å². The number of nitrogens with zero attached hydrogens (tertiary/aromatic N) is 2. The summed E-state index contributed by atoms with van der Waals surface area (Å²) in [5, 5.41) is 2.95. The van der Waals surface area contributed by atoms with Crippen molar-refractivity contribution in [3.05, 3.63) is 11.1 Å². The van der Waals surface area contributed by atoms with E-state index in [0.717, 1.165) is 22.7 Å². The Labute approximate surface area is 103 Å². The summed E-state index contributed by atoms with van der Waals surface area (Å²) in [5.41, 5.74) is 0.495. The molecule has 0 spiro atoms. The van der Waals surface area contributed by atoms with E-state index in [1.165, 1.54) is 14.2 Å². The minimum Gasteiger partial charge on any atom is -0.275 e. The van der Waals surface area contributed by atoms with Gasteiger partial charge < -0.3 is 0 Å². The second-order valence-corrected chi connectivity index (χ2v) is 5.88. The summed E-state index contributed by atoms with van der Waals surface area (Å²) in [4.78, 5) is 20.2. The fraction of sp³-hybridized carbons (Fsp3) is 0.500. The molecule has 0 aromatic carbocycles. The van der Waals surface area contributed by atoms with Gasteiger partial charge in [0, 0.05) is 12.4 Å². The van der Waals surface area contributed by atoms with Gasteiger partial charge >= 0.3 is 0 Å². The Kier molecular flexibility index (Phi) is 4.43. The van der Waals surface area contributed by atoms with Crippen molar-refractivity contribution in [3.63, 3.8) is 0 Å². The SMILES string of the molecule is CON(C)C(=O)Cc1csc(NS(C)(=O)=O)n1. The topological polar surface area (TPSA) is 88.6 Å². The molecule has 1 amide bonds. The van der Waals surface area contributed by atoms with Crippen LogP contribution >= 0.6 is 11.3 Å². The average Bonchev–Trinajstić information content (AvgIpc) is 2.61. The quantitative estimate of drug-likeness (QED) is 0.771. The van der Waals surface area contributed by atoms with Crippen molar-refractivity contribution in [3.8, 4) is 0 Å². The van der Waals surface area contributed by atoms with Crippen LogP contribution in [0.25, 0.3) is 0 Å². The molecule has 9 heteroatoms. The molecule has 0 fully saturated rings. The third kappa shape index (κ3) is 4.67. The van der Waals surface area contributed by atoms with Gasteiger partial charge in [0.15, 0.2) is 5.13 Å². The van der Waals surface area contributed by atoms with Gasteiger partial charge in [-0.05, 0) is 0 Å². The van der Waals surface area contributed by atoms with Gasteiger partial charge in [-0.3, -0.25) is 14.4 Å². The van der Waals surface area contributed by atoms with E-state index in [-0.39, 0.29) is 17.5 Å². The van der Waals surface area contributed by atoms with Gasteiger partial charge in [0.1, 0.15) is 0 Å². The highest BCUT2D eigenvalue weighted by molar-refractivity contribution is 7.92. The first kappa shape index (κ1) is 13.9. The first-order valence-corrected chi connectivity index (χ1v) is 7.32. The summed E-state index contributed by atoms with van der Waals surface area (Å²) >= 11 is 1.12. The molecule has 1 N–H and O–H groups in total. The molecule has 0 saturated carbocycles. The van der Waals surface area contributed by atoms with Crippen LogP contribution in [0, 0.1) is 0 Å². The molecular weight excluding hydrogens is 266 g/mol. The standard InChI is InChI=1S/C8H13N3O4S2/c1-11(15-2)7(12)4-6-5-16-8(9-6)10-17(3,13)14/h5H,4H2,1-3H3,(H,9,10). The van der Waals surface area contributed by atoms with Crippen LogP contribution in [-0.2, 0) is 26.1 Å². The number of anilines is 1. The Balaban J connectivity index is 2.66. The van der Waals surface area contributed by atoms with Crippen molar-refractivity contribution >= 4 is 32.4 Å². The Morgan fingerprint density at radius 2 is 2.29 bits per heavy atom. The van der Waals surface area contributed by atoms with E-state index in [4.69, 9.17) is 4.84 Å². The van der Waals surface area contributed by atoms with Crippen LogP contribution in [0.5, 0.6) is 0 Å². The molecule has 0 radical (unpaired) electrons. The molecule has 0 aliphatic carbocycles. The highest BCUT2D eigenvalue weighted by atomic mass is 32.2. The molecule has 0 saturated heterocycles. The maximum Gasteiger partial charge on any atom is 0.251 e. The van der Waals surface area contributed by atoms with Crippen LogP contribution in [0.2, 0.25) is 0 Å². The number of carbonyl (C=O) groups is 1. The molecule has 1 heterocycles. The van der Waals surface area contributed by atoms with Gasteiger partial charge in [0.25, 0.3) is 5.91 Å². The van der Waals surface area contributed by atoms with E-state index >= 15 is 0 Å². The normalized spacial score (nSPS) is 11.2. The number of aromatic nitrogens is 1. The van der Waals surface area contributed by atoms with E-state index in [0.29, 0.717) is 5.69 Å². The first-order valence-electron chi connectivity index (χ1n) is 4.54. The van der Waals surface area contributed by atoms with Crippen LogP contribution < -0.4 is 4.72 Å². The predicted octanol–water partition coefficient (Wildman–Crippen LogP) is 0.0769. The van der Waals surface area contributed by atoms with Gasteiger partial charge in [0.05, 0.1) is 25.5 Å². The van der Waals surface area contributed by atoms with Crippen molar-refractivity contribution in [1.82, 2.24) is 10.0 Å². The molecule has 1 aromatic heterocycles. The summed E-state index contributed by atoms with van der Waals surface area (Å²) in [5.74, 6) is -0.260. The third-order valence-electron chi connectivity index (χ3n) is 1.78. The molecule has 1 rings (SSSR count). The van der Waals surface area contributed by atoms with Gasteiger partial charge in [-0.1, -0.05) is 0 Å². The number of amides is 1. The monoisotopic (exact) mass is 279 g/mol. The molecule has 7 nitrogen and oxygen atoms in total. The largest absolute Gasteiger partial charge is 0.275 e. The van der Waals surface area contributed by atoms with E-state index in [9.17, 15) is 13.2 Å². The zero-order valence-electron chi connectivity index (χ0n) is 9.63. The van der Waals surface area contributed by atoms with Crippen LogP contribution in [0.15, 0.2) is 5.38 Å². The molecular formula is C8H13N3O4S2. The van der Waals surface area contributed by atoms with Gasteiger partial charge in [0.2, 0.25) is 10.0 Å². The summed E-state index contributed by atoms with van der Waals surface area (Å²) in [6.07, 6.45) is 1.10. The third-order valence-corrected chi connectivity index (χ3v) is 3.28. The lowest BCUT2D eigenvalue weighted by atomic mass is 10.3. The van der Waals surface area contributed by atoms with Gasteiger partial charge in [-0.15, -0.1) is 11.3 Å². The fourth-order valence-electron chi connectivity index (χ4n) is 0.962. The number of rotatable bonds is 5. The summed E-state index contributed by atoms with van der Waals surface area (Å²) in [6.45, 7) is 0. The molecule has 0 aliphatic heterocycles. The van der Waals surface area contributed by atoms with Crippen LogP contribution in [0.3, 0.4) is 0 Å². The van der Waals surface area contributed by atoms with Crippen molar-refractivity contribution in [2.45, 2.75) is 6.42 Å². The van der Waals surface area contributed by atoms with Crippen molar-refractivity contribution in [2.24, 2.45) is 0 Å². The average molecular weight is 279 g/mol.